The highest BCUT2D eigenvalue weighted by molar-refractivity contribution is 5.98. The van der Waals surface area contributed by atoms with E-state index in [1.54, 1.807) is 5.57 Å². The van der Waals surface area contributed by atoms with Gasteiger partial charge in [0.2, 0.25) is 0 Å². The lowest BCUT2D eigenvalue weighted by atomic mass is 9.64. The molecule has 0 bridgehead atoms. The molecule has 2 saturated carbocycles. The van der Waals surface area contributed by atoms with Gasteiger partial charge in [0.15, 0.2) is 5.78 Å². The predicted octanol–water partition coefficient (Wildman–Crippen LogP) is 5.40. The van der Waals surface area contributed by atoms with Crippen molar-refractivity contribution < 1.29 is 4.79 Å². The fraction of sp³-hybridized carbons (Fsp3) is 0.850. The zero-order valence-electron chi connectivity index (χ0n) is 14.5. The monoisotopic (exact) mass is 288 g/mol. The number of ketones is 1. The summed E-state index contributed by atoms with van der Waals surface area (Å²) >= 11 is 0. The van der Waals surface area contributed by atoms with Crippen molar-refractivity contribution in [1.82, 2.24) is 0 Å². The van der Waals surface area contributed by atoms with Crippen LogP contribution in [0.5, 0.6) is 0 Å². The molecule has 0 spiro atoms. The Kier molecular flexibility index (Phi) is 3.83. The van der Waals surface area contributed by atoms with Crippen molar-refractivity contribution in [3.63, 3.8) is 0 Å². The zero-order chi connectivity index (χ0) is 15.4. The first-order valence-corrected chi connectivity index (χ1v) is 9.06. The Morgan fingerprint density at radius 3 is 2.57 bits per heavy atom. The molecule has 1 nitrogen and oxygen atoms in total. The molecule has 0 N–H and O–H groups in total. The van der Waals surface area contributed by atoms with E-state index in [0.717, 1.165) is 29.7 Å². The summed E-state index contributed by atoms with van der Waals surface area (Å²) < 4.78 is 0. The summed E-state index contributed by atoms with van der Waals surface area (Å²) in [4.78, 5) is 12.2. The van der Waals surface area contributed by atoms with Crippen LogP contribution in [0.25, 0.3) is 0 Å². The van der Waals surface area contributed by atoms with Gasteiger partial charge < -0.3 is 0 Å². The van der Waals surface area contributed by atoms with Gasteiger partial charge in [-0.25, -0.2) is 0 Å². The van der Waals surface area contributed by atoms with Crippen LogP contribution in [0.4, 0.5) is 0 Å². The smallest absolute Gasteiger partial charge is 0.159 e. The van der Waals surface area contributed by atoms with Crippen molar-refractivity contribution >= 4 is 5.78 Å². The highest BCUT2D eigenvalue weighted by Gasteiger charge is 2.49. The Morgan fingerprint density at radius 2 is 1.90 bits per heavy atom. The summed E-state index contributed by atoms with van der Waals surface area (Å²) in [6.45, 7) is 11.8. The average molecular weight is 288 g/mol. The fourth-order valence-electron chi connectivity index (χ4n) is 5.80. The average Bonchev–Trinajstić information content (AvgIpc) is 2.87. The van der Waals surface area contributed by atoms with Gasteiger partial charge in [0.1, 0.15) is 0 Å². The number of rotatable bonds is 1. The third-order valence-electron chi connectivity index (χ3n) is 7.28. The highest BCUT2D eigenvalue weighted by Crippen LogP contribution is 2.58. The molecule has 2 fully saturated rings. The summed E-state index contributed by atoms with van der Waals surface area (Å²) in [5, 5.41) is 0. The van der Waals surface area contributed by atoms with Gasteiger partial charge in [-0.15, -0.1) is 0 Å². The van der Waals surface area contributed by atoms with Crippen LogP contribution in [0.3, 0.4) is 0 Å². The molecule has 0 amide bonds. The maximum Gasteiger partial charge on any atom is 0.159 e. The van der Waals surface area contributed by atoms with Crippen LogP contribution in [-0.4, -0.2) is 5.78 Å². The molecule has 3 aliphatic rings. The van der Waals surface area contributed by atoms with Crippen molar-refractivity contribution in [2.75, 3.05) is 0 Å². The molecule has 0 aromatic heterocycles. The third kappa shape index (κ3) is 2.41. The van der Waals surface area contributed by atoms with Crippen molar-refractivity contribution in [2.24, 2.45) is 35.0 Å². The molecule has 21 heavy (non-hydrogen) atoms. The van der Waals surface area contributed by atoms with Gasteiger partial charge in [0, 0.05) is 6.42 Å². The Labute approximate surface area is 130 Å². The number of hydrogen-bond acceptors (Lipinski definition) is 1. The molecule has 118 valence electrons. The maximum absolute atomic E-state index is 12.2. The number of Topliss-reactive ketones (excluding diaryl/α,β-unsaturated/α-hetero) is 1. The second-order valence-electron chi connectivity index (χ2n) is 8.82. The van der Waals surface area contributed by atoms with Crippen LogP contribution in [0.1, 0.15) is 73.1 Å². The van der Waals surface area contributed by atoms with Crippen LogP contribution < -0.4 is 0 Å². The van der Waals surface area contributed by atoms with E-state index in [4.69, 9.17) is 0 Å². The zero-order valence-corrected chi connectivity index (χ0v) is 14.5. The minimum Gasteiger partial charge on any atom is -0.295 e. The largest absolute Gasteiger partial charge is 0.295 e. The summed E-state index contributed by atoms with van der Waals surface area (Å²) in [5.41, 5.74) is 3.12. The van der Waals surface area contributed by atoms with E-state index in [1.807, 2.05) is 0 Å². The van der Waals surface area contributed by atoms with Gasteiger partial charge in [-0.05, 0) is 79.6 Å². The van der Waals surface area contributed by atoms with Crippen LogP contribution in [0.15, 0.2) is 11.1 Å². The Morgan fingerprint density at radius 1 is 1.19 bits per heavy atom. The Balaban J connectivity index is 1.95. The van der Waals surface area contributed by atoms with Gasteiger partial charge in [0.25, 0.3) is 0 Å². The lowest BCUT2D eigenvalue weighted by Crippen LogP contribution is -2.32. The van der Waals surface area contributed by atoms with Gasteiger partial charge in [0.05, 0.1) is 0 Å². The SMILES string of the molecule is CC1=C2C[C@@]3(C)CC[C@H](C(C)C)[C@@H]3CC[C@H](C)[C@@H]2CC1=O. The number of fused-ring (bicyclic) bond motifs is 2. The van der Waals surface area contributed by atoms with Crippen LogP contribution in [-0.2, 0) is 4.79 Å². The van der Waals surface area contributed by atoms with Crippen LogP contribution in [0.2, 0.25) is 0 Å². The summed E-state index contributed by atoms with van der Waals surface area (Å²) in [5.74, 6) is 4.27. The molecular formula is C20H32O. The van der Waals surface area contributed by atoms with Crippen molar-refractivity contribution in [3.8, 4) is 0 Å². The molecule has 0 aliphatic heterocycles. The van der Waals surface area contributed by atoms with Crippen LogP contribution in [0, 0.1) is 35.0 Å². The van der Waals surface area contributed by atoms with E-state index < -0.39 is 0 Å². The molecule has 0 aromatic carbocycles. The molecule has 0 radical (unpaired) electrons. The first-order valence-electron chi connectivity index (χ1n) is 9.06. The Hall–Kier alpha value is -0.590. The molecule has 0 saturated heterocycles. The van der Waals surface area contributed by atoms with E-state index in [0.29, 0.717) is 23.0 Å². The normalized spacial score (nSPS) is 43.8. The summed E-state index contributed by atoms with van der Waals surface area (Å²) in [7, 11) is 0. The van der Waals surface area contributed by atoms with E-state index in [-0.39, 0.29) is 0 Å². The van der Waals surface area contributed by atoms with Gasteiger partial charge in [-0.3, -0.25) is 4.79 Å². The van der Waals surface area contributed by atoms with E-state index in [2.05, 4.69) is 34.6 Å². The molecule has 0 heterocycles. The minimum atomic E-state index is 0.433. The number of allylic oxidation sites excluding steroid dienone is 2. The molecule has 5 atom stereocenters. The van der Waals surface area contributed by atoms with Gasteiger partial charge in [-0.1, -0.05) is 33.3 Å². The minimum absolute atomic E-state index is 0.433. The highest BCUT2D eigenvalue weighted by atomic mass is 16.1. The Bertz CT molecular complexity index is 472. The fourth-order valence-corrected chi connectivity index (χ4v) is 5.80. The standard InChI is InChI=1S/C20H32O/c1-12(2)15-8-9-20(5)11-17-14(4)19(21)10-16(17)13(3)6-7-18(15)20/h12-13,15-16,18H,6-11H2,1-5H3/t13-,15+,16-,18-,20+/m0/s1. The van der Waals surface area contributed by atoms with Crippen LogP contribution >= 0.6 is 0 Å². The molecule has 0 aromatic rings. The summed E-state index contributed by atoms with van der Waals surface area (Å²) in [6.07, 6.45) is 7.48. The second-order valence-corrected chi connectivity index (χ2v) is 8.82. The first kappa shape index (κ1) is 15.3. The molecule has 3 rings (SSSR count). The molecular weight excluding hydrogens is 256 g/mol. The van der Waals surface area contributed by atoms with E-state index >= 15 is 0 Å². The van der Waals surface area contributed by atoms with Crippen molar-refractivity contribution in [3.05, 3.63) is 11.1 Å². The molecule has 1 heteroatoms. The summed E-state index contributed by atoms with van der Waals surface area (Å²) in [6, 6.07) is 0. The predicted molar refractivity (Wildman–Crippen MR) is 88.0 cm³/mol. The molecule has 0 unspecified atom stereocenters. The van der Waals surface area contributed by atoms with Gasteiger partial charge in [-0.2, -0.15) is 0 Å². The lowest BCUT2D eigenvalue weighted by molar-refractivity contribution is -0.115. The number of carbonyl (C=O) groups excluding carboxylic acids is 1. The molecule has 3 aliphatic carbocycles. The van der Waals surface area contributed by atoms with E-state index in [1.165, 1.54) is 32.1 Å². The van der Waals surface area contributed by atoms with E-state index in [9.17, 15) is 4.79 Å². The third-order valence-corrected chi connectivity index (χ3v) is 7.28. The quantitative estimate of drug-likeness (QED) is 0.631. The number of hydrogen-bond donors (Lipinski definition) is 0. The maximum atomic E-state index is 12.2. The topological polar surface area (TPSA) is 17.1 Å². The number of carbonyl (C=O) groups is 1. The van der Waals surface area contributed by atoms with Crippen molar-refractivity contribution in [1.29, 1.82) is 0 Å². The van der Waals surface area contributed by atoms with Gasteiger partial charge >= 0.3 is 0 Å². The van der Waals surface area contributed by atoms with Crippen molar-refractivity contribution in [2.45, 2.75) is 73.1 Å². The first-order chi connectivity index (χ1) is 9.83. The second kappa shape index (κ2) is 5.25. The lowest BCUT2D eigenvalue weighted by Gasteiger charge is -2.41.